The minimum Gasteiger partial charge on any atom is -0.494 e. The van der Waals surface area contributed by atoms with Crippen LogP contribution in [-0.4, -0.2) is 33.8 Å². The highest BCUT2D eigenvalue weighted by atomic mass is 79.9. The summed E-state index contributed by atoms with van der Waals surface area (Å²) < 4.78 is 22.8. The number of imidazole rings is 1. The van der Waals surface area contributed by atoms with Crippen molar-refractivity contribution in [1.29, 1.82) is 0 Å². The molecule has 6 nitrogen and oxygen atoms in total. The zero-order chi connectivity index (χ0) is 23.1. The summed E-state index contributed by atoms with van der Waals surface area (Å²) in [7, 11) is 1.43. The van der Waals surface area contributed by atoms with Gasteiger partial charge in [-0.2, -0.15) is 0 Å². The van der Waals surface area contributed by atoms with Crippen molar-refractivity contribution in [2.75, 3.05) is 12.0 Å². The van der Waals surface area contributed by atoms with Crippen LogP contribution in [0.15, 0.2) is 40.9 Å². The Morgan fingerprint density at radius 2 is 1.91 bits per heavy atom. The number of carbonyl (C=O) groups excluding carboxylic acids is 1. The molecule has 2 fully saturated rings. The molecule has 2 aromatic carbocycles. The van der Waals surface area contributed by atoms with Crippen molar-refractivity contribution < 1.29 is 19.0 Å². The summed E-state index contributed by atoms with van der Waals surface area (Å²) in [4.78, 5) is 19.9. The second-order valence-electron chi connectivity index (χ2n) is 8.93. The van der Waals surface area contributed by atoms with Gasteiger partial charge in [0.05, 0.1) is 30.3 Å². The zero-order valence-electron chi connectivity index (χ0n) is 18.5. The number of methoxy groups -OCH3 is 1. The third-order valence-electron chi connectivity index (χ3n) is 6.87. The predicted octanol–water partition coefficient (Wildman–Crippen LogP) is 5.68. The van der Waals surface area contributed by atoms with Gasteiger partial charge in [0.25, 0.3) is 0 Å². The molecule has 174 valence electrons. The number of anilines is 1. The Bertz CT molecular complexity index is 1190. The molecular weight excluding hydrogens is 489 g/mol. The van der Waals surface area contributed by atoms with E-state index < -0.39 is 5.82 Å². The fourth-order valence-corrected chi connectivity index (χ4v) is 5.62. The number of nitrogens with zero attached hydrogens (tertiary/aromatic N) is 3. The summed E-state index contributed by atoms with van der Waals surface area (Å²) in [5, 5.41) is 10.1. The van der Waals surface area contributed by atoms with E-state index in [4.69, 9.17) is 9.72 Å². The van der Waals surface area contributed by atoms with E-state index in [1.54, 1.807) is 17.0 Å². The molecule has 2 heterocycles. The molecule has 0 spiro atoms. The van der Waals surface area contributed by atoms with Gasteiger partial charge in [-0.25, -0.2) is 9.37 Å². The molecule has 1 aliphatic carbocycles. The Labute approximate surface area is 200 Å². The molecule has 2 aliphatic rings. The quantitative estimate of drug-likeness (QED) is 0.485. The van der Waals surface area contributed by atoms with Gasteiger partial charge in [0.2, 0.25) is 5.91 Å². The average Bonchev–Trinajstić information content (AvgIpc) is 3.17. The molecule has 1 saturated carbocycles. The summed E-state index contributed by atoms with van der Waals surface area (Å²) in [6.45, 7) is 0. The van der Waals surface area contributed by atoms with Gasteiger partial charge in [-0.1, -0.05) is 15.9 Å². The lowest BCUT2D eigenvalue weighted by Gasteiger charge is -2.37. The minimum atomic E-state index is -0.495. The van der Waals surface area contributed by atoms with Crippen LogP contribution in [0.3, 0.4) is 0 Å². The maximum Gasteiger partial charge on any atom is 0.227 e. The summed E-state index contributed by atoms with van der Waals surface area (Å²) in [5.74, 6) is 0.451. The highest BCUT2D eigenvalue weighted by Crippen LogP contribution is 2.41. The second kappa shape index (κ2) is 9.06. The average molecular weight is 516 g/mol. The molecule has 1 aromatic heterocycles. The molecule has 1 amide bonds. The summed E-state index contributed by atoms with van der Waals surface area (Å²) in [6.07, 6.45) is 4.87. The molecule has 1 saturated heterocycles. The van der Waals surface area contributed by atoms with Gasteiger partial charge in [0, 0.05) is 28.7 Å². The van der Waals surface area contributed by atoms with E-state index in [2.05, 4.69) is 26.6 Å². The number of hydrogen-bond acceptors (Lipinski definition) is 4. The van der Waals surface area contributed by atoms with Gasteiger partial charge in [0.15, 0.2) is 11.6 Å². The molecule has 0 unspecified atom stereocenters. The van der Waals surface area contributed by atoms with Crippen molar-refractivity contribution >= 4 is 38.6 Å². The first-order valence-electron chi connectivity index (χ1n) is 11.5. The highest BCUT2D eigenvalue weighted by molar-refractivity contribution is 9.10. The number of aromatic nitrogens is 2. The maximum absolute atomic E-state index is 14.6. The fourth-order valence-electron chi connectivity index (χ4n) is 5.27. The van der Waals surface area contributed by atoms with Crippen molar-refractivity contribution in [3.8, 4) is 5.75 Å². The van der Waals surface area contributed by atoms with Gasteiger partial charge < -0.3 is 19.3 Å². The Morgan fingerprint density at radius 1 is 1.12 bits per heavy atom. The molecular formula is C25H27BrFN3O3. The van der Waals surface area contributed by atoms with Gasteiger partial charge in [-0.05, 0) is 68.9 Å². The topological polar surface area (TPSA) is 67.6 Å². The molecule has 0 bridgehead atoms. The Hall–Kier alpha value is -2.45. The number of hydrogen-bond donors (Lipinski definition) is 1. The largest absolute Gasteiger partial charge is 0.494 e. The zero-order valence-corrected chi connectivity index (χ0v) is 20.1. The van der Waals surface area contributed by atoms with Gasteiger partial charge in [-0.15, -0.1) is 0 Å². The molecule has 1 aliphatic heterocycles. The van der Waals surface area contributed by atoms with Crippen LogP contribution in [0.2, 0.25) is 0 Å². The normalized spacial score (nSPS) is 23.8. The first kappa shape index (κ1) is 22.3. The fraction of sp³-hybridized carbons (Fsp3) is 0.440. The van der Waals surface area contributed by atoms with Crippen LogP contribution in [-0.2, 0) is 4.79 Å². The first-order valence-corrected chi connectivity index (χ1v) is 12.3. The molecule has 3 aromatic rings. The van der Waals surface area contributed by atoms with Gasteiger partial charge in [0.1, 0.15) is 5.82 Å². The number of rotatable bonds is 4. The Morgan fingerprint density at radius 3 is 2.64 bits per heavy atom. The van der Waals surface area contributed by atoms with E-state index in [9.17, 15) is 14.3 Å². The SMILES string of the molecule is COc1ccc(N2C(=O)CCC[C@H]2c2nc3cc(Br)ccc3n2C2CCC(O)CC2)cc1F. The number of fused-ring (bicyclic) bond motifs is 1. The number of aliphatic hydroxyl groups is 1. The smallest absolute Gasteiger partial charge is 0.227 e. The summed E-state index contributed by atoms with van der Waals surface area (Å²) in [6, 6.07) is 10.6. The number of carbonyl (C=O) groups is 1. The van der Waals surface area contributed by atoms with Gasteiger partial charge >= 0.3 is 0 Å². The minimum absolute atomic E-state index is 0.0327. The van der Waals surface area contributed by atoms with E-state index in [-0.39, 0.29) is 29.8 Å². The lowest BCUT2D eigenvalue weighted by molar-refractivity contribution is -0.120. The Balaban J connectivity index is 1.63. The number of ether oxygens (including phenoxy) is 1. The van der Waals surface area contributed by atoms with E-state index in [1.165, 1.54) is 13.2 Å². The maximum atomic E-state index is 14.6. The lowest BCUT2D eigenvalue weighted by atomic mass is 9.92. The number of aliphatic hydroxyl groups excluding tert-OH is 1. The van der Waals surface area contributed by atoms with Crippen LogP contribution >= 0.6 is 15.9 Å². The third-order valence-corrected chi connectivity index (χ3v) is 7.36. The summed E-state index contributed by atoms with van der Waals surface area (Å²) >= 11 is 3.55. The molecule has 0 radical (unpaired) electrons. The predicted molar refractivity (Wildman–Crippen MR) is 128 cm³/mol. The molecule has 5 rings (SSSR count). The van der Waals surface area contributed by atoms with E-state index in [1.807, 2.05) is 12.1 Å². The van der Waals surface area contributed by atoms with Crippen molar-refractivity contribution in [3.63, 3.8) is 0 Å². The van der Waals surface area contributed by atoms with Crippen molar-refractivity contribution in [2.24, 2.45) is 0 Å². The van der Waals surface area contributed by atoms with Crippen LogP contribution in [0.4, 0.5) is 10.1 Å². The standard InChI is InChI=1S/C25H27BrFN3O3/c1-33-23-12-8-17(14-19(23)27)29-22(3-2-4-24(29)32)25-28-20-13-15(26)5-11-21(20)30(25)16-6-9-18(31)10-7-16/h5,8,11-14,16,18,22,31H,2-4,6-7,9-10H2,1H3/t16?,18?,22-/m0/s1. The summed E-state index contributed by atoms with van der Waals surface area (Å²) in [5.41, 5.74) is 2.40. The van der Waals surface area contributed by atoms with Crippen molar-refractivity contribution in [2.45, 2.75) is 63.1 Å². The monoisotopic (exact) mass is 515 g/mol. The van der Waals surface area contributed by atoms with Crippen LogP contribution in [0.1, 0.15) is 62.9 Å². The molecule has 8 heteroatoms. The van der Waals surface area contributed by atoms with Crippen LogP contribution < -0.4 is 9.64 Å². The van der Waals surface area contributed by atoms with Gasteiger partial charge in [-0.3, -0.25) is 4.79 Å². The van der Waals surface area contributed by atoms with E-state index in [0.717, 1.165) is 59.9 Å². The van der Waals surface area contributed by atoms with Crippen molar-refractivity contribution in [3.05, 3.63) is 52.5 Å². The van der Waals surface area contributed by atoms with E-state index in [0.29, 0.717) is 12.1 Å². The third kappa shape index (κ3) is 4.15. The Kier molecular flexibility index (Phi) is 6.14. The number of amides is 1. The van der Waals surface area contributed by atoms with E-state index >= 15 is 0 Å². The lowest BCUT2D eigenvalue weighted by Crippen LogP contribution is -2.40. The van der Waals surface area contributed by atoms with Crippen molar-refractivity contribution in [1.82, 2.24) is 9.55 Å². The molecule has 33 heavy (non-hydrogen) atoms. The first-order chi connectivity index (χ1) is 16.0. The second-order valence-corrected chi connectivity index (χ2v) is 9.84. The van der Waals surface area contributed by atoms with Crippen LogP contribution in [0.5, 0.6) is 5.75 Å². The molecule has 1 N–H and O–H groups in total. The number of benzene rings is 2. The highest BCUT2D eigenvalue weighted by Gasteiger charge is 2.36. The number of halogens is 2. The number of piperidine rings is 1. The van der Waals surface area contributed by atoms with Crippen LogP contribution in [0, 0.1) is 5.82 Å². The van der Waals surface area contributed by atoms with Crippen LogP contribution in [0.25, 0.3) is 11.0 Å². The molecule has 1 atom stereocenters.